The van der Waals surface area contributed by atoms with Gasteiger partial charge in [0.15, 0.2) is 0 Å². The maximum atomic E-state index is 12.0. The number of nitrogens with one attached hydrogen (secondary N) is 1. The predicted molar refractivity (Wildman–Crippen MR) is 88.6 cm³/mol. The van der Waals surface area contributed by atoms with Crippen LogP contribution in [-0.4, -0.2) is 16.5 Å². The Balaban J connectivity index is 1.80. The molecule has 5 heteroatoms. The van der Waals surface area contributed by atoms with Crippen molar-refractivity contribution in [1.29, 1.82) is 0 Å². The zero-order chi connectivity index (χ0) is 15.1. The molecule has 1 aromatic heterocycles. The molecule has 0 saturated carbocycles. The first kappa shape index (κ1) is 13.3. The Hall–Kier alpha value is -2.33. The summed E-state index contributed by atoms with van der Waals surface area (Å²) in [5.41, 5.74) is 4.07. The normalized spacial score (nSPS) is 14.1. The number of rotatable bonds is 1. The van der Waals surface area contributed by atoms with E-state index in [0.29, 0.717) is 15.9 Å². The molecule has 0 atom stereocenters. The molecule has 0 fully saturated rings. The molecule has 0 radical (unpaired) electrons. The van der Waals surface area contributed by atoms with Crippen LogP contribution in [0.5, 0.6) is 0 Å². The molecule has 0 spiro atoms. The molecule has 22 heavy (non-hydrogen) atoms. The molecule has 0 saturated heterocycles. The monoisotopic (exact) mass is 311 g/mol. The van der Waals surface area contributed by atoms with Gasteiger partial charge in [0.05, 0.1) is 27.9 Å². The van der Waals surface area contributed by atoms with Gasteiger partial charge in [-0.3, -0.25) is 4.79 Å². The van der Waals surface area contributed by atoms with Crippen LogP contribution < -0.4 is 10.5 Å². The Kier molecular flexibility index (Phi) is 3.12. The van der Waals surface area contributed by atoms with E-state index in [2.05, 4.69) is 39.1 Å². The summed E-state index contributed by atoms with van der Waals surface area (Å²) >= 11 is 6.42. The number of aromatic amines is 1. The van der Waals surface area contributed by atoms with Crippen molar-refractivity contribution in [2.45, 2.75) is 13.0 Å². The van der Waals surface area contributed by atoms with Crippen LogP contribution in [0.3, 0.4) is 0 Å². The molecule has 1 aliphatic heterocycles. The van der Waals surface area contributed by atoms with Crippen LogP contribution in [0.4, 0.5) is 5.69 Å². The molecule has 1 aliphatic rings. The zero-order valence-corrected chi connectivity index (χ0v) is 12.6. The van der Waals surface area contributed by atoms with Gasteiger partial charge in [0.25, 0.3) is 5.56 Å². The van der Waals surface area contributed by atoms with Crippen molar-refractivity contribution in [3.05, 3.63) is 69.2 Å². The molecular formula is C17H14ClN3O. The van der Waals surface area contributed by atoms with E-state index in [0.717, 1.165) is 25.2 Å². The van der Waals surface area contributed by atoms with Crippen molar-refractivity contribution in [3.8, 4) is 0 Å². The van der Waals surface area contributed by atoms with Crippen LogP contribution in [0.2, 0.25) is 5.02 Å². The standard InChI is InChI=1S/C17H14ClN3O/c18-14-8-15-13(17(22)20-10-19-15)7-16(14)21-6-5-11-3-1-2-4-12(11)9-21/h1-4,7-8,10H,5-6,9H2,(H,19,20,22). The Morgan fingerprint density at radius 2 is 2.00 bits per heavy atom. The van der Waals surface area contributed by atoms with Gasteiger partial charge in [0, 0.05) is 13.1 Å². The average Bonchev–Trinajstić information content (AvgIpc) is 2.54. The SMILES string of the molecule is O=c1[nH]cnc2cc(Cl)c(N3CCc4ccccc4C3)cc12. The van der Waals surface area contributed by atoms with Crippen LogP contribution in [-0.2, 0) is 13.0 Å². The van der Waals surface area contributed by atoms with E-state index in [1.807, 2.05) is 6.07 Å². The maximum Gasteiger partial charge on any atom is 0.258 e. The summed E-state index contributed by atoms with van der Waals surface area (Å²) in [6, 6.07) is 12.1. The summed E-state index contributed by atoms with van der Waals surface area (Å²) in [6.45, 7) is 1.69. The van der Waals surface area contributed by atoms with Crippen molar-refractivity contribution in [2.75, 3.05) is 11.4 Å². The van der Waals surface area contributed by atoms with Crippen molar-refractivity contribution in [3.63, 3.8) is 0 Å². The summed E-state index contributed by atoms with van der Waals surface area (Å²) < 4.78 is 0. The molecule has 3 aromatic rings. The number of nitrogens with zero attached hydrogens (tertiary/aromatic N) is 2. The first-order valence-corrected chi connectivity index (χ1v) is 7.59. The lowest BCUT2D eigenvalue weighted by Crippen LogP contribution is -2.30. The van der Waals surface area contributed by atoms with Crippen LogP contribution in [0, 0.1) is 0 Å². The number of H-pyrrole nitrogens is 1. The van der Waals surface area contributed by atoms with E-state index in [9.17, 15) is 4.79 Å². The van der Waals surface area contributed by atoms with E-state index in [4.69, 9.17) is 11.6 Å². The Bertz CT molecular complexity index is 919. The maximum absolute atomic E-state index is 12.0. The number of benzene rings is 2. The minimum absolute atomic E-state index is 0.139. The molecule has 4 rings (SSSR count). The van der Waals surface area contributed by atoms with E-state index in [-0.39, 0.29) is 5.56 Å². The lowest BCUT2D eigenvalue weighted by molar-refractivity contribution is 0.732. The number of anilines is 1. The third-order valence-electron chi connectivity index (χ3n) is 4.18. The molecule has 0 bridgehead atoms. The fourth-order valence-electron chi connectivity index (χ4n) is 3.02. The first-order chi connectivity index (χ1) is 10.7. The quantitative estimate of drug-likeness (QED) is 0.751. The van der Waals surface area contributed by atoms with E-state index < -0.39 is 0 Å². The molecule has 4 nitrogen and oxygen atoms in total. The van der Waals surface area contributed by atoms with Crippen LogP contribution in [0.25, 0.3) is 10.9 Å². The van der Waals surface area contributed by atoms with Gasteiger partial charge >= 0.3 is 0 Å². The number of hydrogen-bond acceptors (Lipinski definition) is 3. The third kappa shape index (κ3) is 2.16. The molecule has 1 N–H and O–H groups in total. The van der Waals surface area contributed by atoms with Crippen molar-refractivity contribution in [1.82, 2.24) is 9.97 Å². The highest BCUT2D eigenvalue weighted by molar-refractivity contribution is 6.34. The second-order valence-corrected chi connectivity index (χ2v) is 5.90. The minimum atomic E-state index is -0.139. The number of fused-ring (bicyclic) bond motifs is 2. The van der Waals surface area contributed by atoms with Gasteiger partial charge in [-0.25, -0.2) is 4.98 Å². The second kappa shape index (κ2) is 5.14. The lowest BCUT2D eigenvalue weighted by atomic mass is 9.99. The topological polar surface area (TPSA) is 49.0 Å². The predicted octanol–water partition coefficient (Wildman–Crippen LogP) is 3.14. The van der Waals surface area contributed by atoms with Crippen molar-refractivity contribution in [2.24, 2.45) is 0 Å². The average molecular weight is 312 g/mol. The van der Waals surface area contributed by atoms with Crippen LogP contribution in [0.1, 0.15) is 11.1 Å². The van der Waals surface area contributed by atoms with Gasteiger partial charge in [0.2, 0.25) is 0 Å². The molecule has 0 aliphatic carbocycles. The van der Waals surface area contributed by atoms with Gasteiger partial charge in [-0.05, 0) is 29.7 Å². The van der Waals surface area contributed by atoms with Crippen LogP contribution >= 0.6 is 11.6 Å². The van der Waals surface area contributed by atoms with Crippen molar-refractivity contribution >= 4 is 28.2 Å². The summed E-state index contributed by atoms with van der Waals surface area (Å²) in [5, 5.41) is 1.20. The van der Waals surface area contributed by atoms with Gasteiger partial charge in [0.1, 0.15) is 0 Å². The fraction of sp³-hybridized carbons (Fsp3) is 0.176. The molecule has 0 unspecified atom stereocenters. The molecule has 2 heterocycles. The summed E-state index contributed by atoms with van der Waals surface area (Å²) in [5.74, 6) is 0. The Morgan fingerprint density at radius 3 is 2.86 bits per heavy atom. The minimum Gasteiger partial charge on any atom is -0.366 e. The highest BCUT2D eigenvalue weighted by Crippen LogP contribution is 2.32. The summed E-state index contributed by atoms with van der Waals surface area (Å²) in [7, 11) is 0. The Labute approximate surface area is 132 Å². The highest BCUT2D eigenvalue weighted by Gasteiger charge is 2.19. The van der Waals surface area contributed by atoms with E-state index in [1.54, 1.807) is 6.07 Å². The van der Waals surface area contributed by atoms with Gasteiger partial charge in [-0.1, -0.05) is 35.9 Å². The van der Waals surface area contributed by atoms with Gasteiger partial charge in [-0.15, -0.1) is 0 Å². The van der Waals surface area contributed by atoms with E-state index in [1.165, 1.54) is 17.5 Å². The molecule has 0 amide bonds. The summed E-state index contributed by atoms with van der Waals surface area (Å²) in [6.07, 6.45) is 2.38. The lowest BCUT2D eigenvalue weighted by Gasteiger charge is -2.31. The highest BCUT2D eigenvalue weighted by atomic mass is 35.5. The Morgan fingerprint density at radius 1 is 1.18 bits per heavy atom. The fourth-order valence-corrected chi connectivity index (χ4v) is 3.30. The summed E-state index contributed by atoms with van der Waals surface area (Å²) in [4.78, 5) is 21.0. The largest absolute Gasteiger partial charge is 0.366 e. The van der Waals surface area contributed by atoms with Gasteiger partial charge < -0.3 is 9.88 Å². The first-order valence-electron chi connectivity index (χ1n) is 7.21. The number of hydrogen-bond donors (Lipinski definition) is 1. The molecule has 2 aromatic carbocycles. The number of halogens is 1. The number of aromatic nitrogens is 2. The van der Waals surface area contributed by atoms with Crippen molar-refractivity contribution < 1.29 is 0 Å². The molecular weight excluding hydrogens is 298 g/mol. The smallest absolute Gasteiger partial charge is 0.258 e. The van der Waals surface area contributed by atoms with Crippen LogP contribution in [0.15, 0.2) is 47.5 Å². The zero-order valence-electron chi connectivity index (χ0n) is 11.8. The second-order valence-electron chi connectivity index (χ2n) is 5.49. The third-order valence-corrected chi connectivity index (χ3v) is 4.48. The van der Waals surface area contributed by atoms with E-state index >= 15 is 0 Å². The van der Waals surface area contributed by atoms with Gasteiger partial charge in [-0.2, -0.15) is 0 Å². The molecule has 110 valence electrons.